The number of rotatable bonds is 8. The van der Waals surface area contributed by atoms with Crippen LogP contribution in [0.2, 0.25) is 0 Å². The Morgan fingerprint density at radius 2 is 2.09 bits per heavy atom. The van der Waals surface area contributed by atoms with Crippen LogP contribution in [-0.2, 0) is 20.5 Å². The summed E-state index contributed by atoms with van der Waals surface area (Å²) < 4.78 is 31.5. The molecule has 0 atom stereocenters. The van der Waals surface area contributed by atoms with Crippen LogP contribution in [0.4, 0.5) is 0 Å². The molecule has 0 aliphatic heterocycles. The Labute approximate surface area is 132 Å². The van der Waals surface area contributed by atoms with E-state index in [-0.39, 0.29) is 5.75 Å². The molecule has 0 amide bonds. The van der Waals surface area contributed by atoms with Gasteiger partial charge in [-0.1, -0.05) is 19.1 Å². The topological polar surface area (TPSA) is 63.7 Å². The molecule has 0 heterocycles. The van der Waals surface area contributed by atoms with Gasteiger partial charge in [-0.25, -0.2) is 17.5 Å². The van der Waals surface area contributed by atoms with Crippen molar-refractivity contribution in [2.24, 2.45) is 5.92 Å². The van der Waals surface area contributed by atoms with Gasteiger partial charge in [0.15, 0.2) is 0 Å². The highest BCUT2D eigenvalue weighted by atomic mass is 32.2. The van der Waals surface area contributed by atoms with Gasteiger partial charge in [-0.05, 0) is 42.9 Å². The molecular weight excluding hydrogens is 302 g/mol. The summed E-state index contributed by atoms with van der Waals surface area (Å²) in [6, 6.07) is 6.62. The van der Waals surface area contributed by atoms with Crippen LogP contribution < -0.4 is 0 Å². The Morgan fingerprint density at radius 1 is 1.36 bits per heavy atom. The quantitative estimate of drug-likeness (QED) is 0.689. The first-order chi connectivity index (χ1) is 10.5. The summed E-state index contributed by atoms with van der Waals surface area (Å²) in [5, 5.41) is 0. The lowest BCUT2D eigenvalue weighted by Gasteiger charge is -2.21. The molecular formula is C16H23NO4S. The molecule has 122 valence electrons. The SMILES string of the molecule is CCCN(CC1CC1)S(=O)(=O)Cc1cccc(C(=O)OC)c1. The Bertz CT molecular complexity index is 623. The molecule has 1 aromatic carbocycles. The molecule has 1 aliphatic carbocycles. The maximum Gasteiger partial charge on any atom is 0.337 e. The highest BCUT2D eigenvalue weighted by Gasteiger charge is 2.30. The van der Waals surface area contributed by atoms with E-state index in [1.165, 1.54) is 7.11 Å². The van der Waals surface area contributed by atoms with E-state index in [1.54, 1.807) is 28.6 Å². The van der Waals surface area contributed by atoms with E-state index >= 15 is 0 Å². The lowest BCUT2D eigenvalue weighted by atomic mass is 10.1. The second-order valence-electron chi connectivity index (χ2n) is 5.75. The van der Waals surface area contributed by atoms with Crippen molar-refractivity contribution in [2.75, 3.05) is 20.2 Å². The number of hydrogen-bond donors (Lipinski definition) is 0. The van der Waals surface area contributed by atoms with Crippen molar-refractivity contribution < 1.29 is 17.9 Å². The fraction of sp³-hybridized carbons (Fsp3) is 0.562. The smallest absolute Gasteiger partial charge is 0.337 e. The second-order valence-corrected chi connectivity index (χ2v) is 7.72. The summed E-state index contributed by atoms with van der Waals surface area (Å²) in [5.41, 5.74) is 0.985. The van der Waals surface area contributed by atoms with Crippen LogP contribution in [0.5, 0.6) is 0 Å². The minimum Gasteiger partial charge on any atom is -0.465 e. The maximum atomic E-state index is 12.6. The molecule has 0 unspecified atom stereocenters. The van der Waals surface area contributed by atoms with Gasteiger partial charge in [0.25, 0.3) is 0 Å². The molecule has 1 aromatic rings. The van der Waals surface area contributed by atoms with E-state index in [0.717, 1.165) is 19.3 Å². The average Bonchev–Trinajstić information content (AvgIpc) is 3.30. The van der Waals surface area contributed by atoms with Crippen molar-refractivity contribution in [2.45, 2.75) is 31.9 Å². The van der Waals surface area contributed by atoms with Gasteiger partial charge in [-0.3, -0.25) is 0 Å². The summed E-state index contributed by atoms with van der Waals surface area (Å²) in [4.78, 5) is 11.5. The van der Waals surface area contributed by atoms with Crippen LogP contribution in [-0.4, -0.2) is 38.9 Å². The molecule has 1 saturated carbocycles. The number of ether oxygens (including phenoxy) is 1. The van der Waals surface area contributed by atoms with Gasteiger partial charge in [-0.2, -0.15) is 0 Å². The Balaban J connectivity index is 2.13. The zero-order valence-corrected chi connectivity index (χ0v) is 13.9. The van der Waals surface area contributed by atoms with E-state index in [2.05, 4.69) is 4.74 Å². The number of esters is 1. The number of carbonyl (C=O) groups is 1. The van der Waals surface area contributed by atoms with Crippen LogP contribution in [0.1, 0.15) is 42.1 Å². The minimum absolute atomic E-state index is 0.0788. The molecule has 0 saturated heterocycles. The molecule has 1 fully saturated rings. The van der Waals surface area contributed by atoms with Crippen LogP contribution >= 0.6 is 0 Å². The van der Waals surface area contributed by atoms with Crippen molar-refractivity contribution >= 4 is 16.0 Å². The molecule has 0 bridgehead atoms. The van der Waals surface area contributed by atoms with Crippen LogP contribution in [0.3, 0.4) is 0 Å². The van der Waals surface area contributed by atoms with Crippen molar-refractivity contribution in [3.63, 3.8) is 0 Å². The van der Waals surface area contributed by atoms with Crippen molar-refractivity contribution in [3.05, 3.63) is 35.4 Å². The van der Waals surface area contributed by atoms with E-state index in [0.29, 0.717) is 30.1 Å². The summed E-state index contributed by atoms with van der Waals surface area (Å²) in [5.74, 6) is -0.0183. The van der Waals surface area contributed by atoms with Gasteiger partial charge in [-0.15, -0.1) is 0 Å². The summed E-state index contributed by atoms with van der Waals surface area (Å²) in [6.45, 7) is 3.15. The lowest BCUT2D eigenvalue weighted by Crippen LogP contribution is -2.34. The van der Waals surface area contributed by atoms with Crippen LogP contribution in [0, 0.1) is 5.92 Å². The highest BCUT2D eigenvalue weighted by molar-refractivity contribution is 7.88. The molecule has 22 heavy (non-hydrogen) atoms. The number of nitrogens with zero attached hydrogens (tertiary/aromatic N) is 1. The predicted molar refractivity (Wildman–Crippen MR) is 85.0 cm³/mol. The fourth-order valence-electron chi connectivity index (χ4n) is 2.39. The third-order valence-corrected chi connectivity index (χ3v) is 5.54. The number of methoxy groups -OCH3 is 1. The largest absolute Gasteiger partial charge is 0.465 e. The number of carbonyl (C=O) groups excluding carboxylic acids is 1. The monoisotopic (exact) mass is 325 g/mol. The van der Waals surface area contributed by atoms with E-state index in [1.807, 2.05) is 6.92 Å². The molecule has 0 radical (unpaired) electrons. The van der Waals surface area contributed by atoms with Crippen molar-refractivity contribution in [1.29, 1.82) is 0 Å². The summed E-state index contributed by atoms with van der Waals surface area (Å²) >= 11 is 0. The van der Waals surface area contributed by atoms with Crippen LogP contribution in [0.25, 0.3) is 0 Å². The number of benzene rings is 1. The van der Waals surface area contributed by atoms with E-state index < -0.39 is 16.0 Å². The first-order valence-electron chi connectivity index (χ1n) is 7.61. The molecule has 1 aliphatic rings. The first kappa shape index (κ1) is 17.0. The van der Waals surface area contributed by atoms with Gasteiger partial charge in [0, 0.05) is 13.1 Å². The zero-order valence-electron chi connectivity index (χ0n) is 13.1. The third-order valence-electron chi connectivity index (χ3n) is 3.72. The van der Waals surface area contributed by atoms with Crippen molar-refractivity contribution in [3.8, 4) is 0 Å². The standard InChI is InChI=1S/C16H23NO4S/c1-3-9-17(11-13-7-8-13)22(19,20)12-14-5-4-6-15(10-14)16(18)21-2/h4-6,10,13H,3,7-9,11-12H2,1-2H3. The Hall–Kier alpha value is -1.40. The second kappa shape index (κ2) is 7.24. The average molecular weight is 325 g/mol. The molecule has 0 N–H and O–H groups in total. The van der Waals surface area contributed by atoms with Gasteiger partial charge >= 0.3 is 5.97 Å². The zero-order chi connectivity index (χ0) is 16.2. The maximum absolute atomic E-state index is 12.6. The minimum atomic E-state index is -3.36. The normalized spacial score (nSPS) is 15.0. The molecule has 6 heteroatoms. The Kier molecular flexibility index (Phi) is 5.58. The van der Waals surface area contributed by atoms with E-state index in [4.69, 9.17) is 0 Å². The third kappa shape index (κ3) is 4.55. The number of sulfonamides is 1. The number of hydrogen-bond acceptors (Lipinski definition) is 4. The first-order valence-corrected chi connectivity index (χ1v) is 9.22. The molecule has 5 nitrogen and oxygen atoms in total. The molecule has 0 aromatic heterocycles. The predicted octanol–water partition coefficient (Wildman–Crippen LogP) is 2.43. The molecule has 0 spiro atoms. The summed E-state index contributed by atoms with van der Waals surface area (Å²) in [6.07, 6.45) is 3.04. The van der Waals surface area contributed by atoms with Gasteiger partial charge in [0.05, 0.1) is 18.4 Å². The van der Waals surface area contributed by atoms with Crippen molar-refractivity contribution in [1.82, 2.24) is 4.31 Å². The summed E-state index contributed by atoms with van der Waals surface area (Å²) in [7, 11) is -2.05. The highest BCUT2D eigenvalue weighted by Crippen LogP contribution is 2.31. The van der Waals surface area contributed by atoms with Crippen LogP contribution in [0.15, 0.2) is 24.3 Å². The van der Waals surface area contributed by atoms with Gasteiger partial charge in [0.1, 0.15) is 0 Å². The molecule has 2 rings (SSSR count). The fourth-order valence-corrected chi connectivity index (χ4v) is 4.07. The van der Waals surface area contributed by atoms with E-state index in [9.17, 15) is 13.2 Å². The Morgan fingerprint density at radius 3 is 2.68 bits per heavy atom. The van der Waals surface area contributed by atoms with Gasteiger partial charge in [0.2, 0.25) is 10.0 Å². The van der Waals surface area contributed by atoms with Gasteiger partial charge < -0.3 is 4.74 Å². The lowest BCUT2D eigenvalue weighted by molar-refractivity contribution is 0.0600.